The van der Waals surface area contributed by atoms with E-state index in [4.69, 9.17) is 4.74 Å². The number of amides is 1. The summed E-state index contributed by atoms with van der Waals surface area (Å²) in [6.45, 7) is 8.04. The van der Waals surface area contributed by atoms with Crippen LogP contribution in [0.1, 0.15) is 32.4 Å². The van der Waals surface area contributed by atoms with Crippen LogP contribution in [0.4, 0.5) is 11.4 Å². The molecule has 0 radical (unpaired) electrons. The number of benzene rings is 1. The molecule has 2 unspecified atom stereocenters. The van der Waals surface area contributed by atoms with Gasteiger partial charge in [-0.3, -0.25) is 4.79 Å². The molecule has 0 saturated carbocycles. The summed E-state index contributed by atoms with van der Waals surface area (Å²) in [5.41, 5.74) is 2.91. The fourth-order valence-corrected chi connectivity index (χ4v) is 3.38. The Morgan fingerprint density at radius 2 is 2.19 bits per heavy atom. The molecular weight excluding hydrogens is 266 g/mol. The van der Waals surface area contributed by atoms with Gasteiger partial charge in [-0.2, -0.15) is 0 Å². The number of anilines is 2. The number of nitrogens with zero attached hydrogens (tertiary/aromatic N) is 1. The molecule has 1 aromatic rings. The van der Waals surface area contributed by atoms with Crippen LogP contribution >= 0.6 is 0 Å². The number of carbonyl (C=O) groups excluding carboxylic acids is 1. The largest absolute Gasteiger partial charge is 0.369 e. The third kappa shape index (κ3) is 2.63. The Morgan fingerprint density at radius 3 is 2.86 bits per heavy atom. The van der Waals surface area contributed by atoms with Crippen molar-refractivity contribution in [2.45, 2.75) is 38.5 Å². The highest BCUT2D eigenvalue weighted by molar-refractivity contribution is 6.03. The van der Waals surface area contributed by atoms with Crippen molar-refractivity contribution in [2.24, 2.45) is 0 Å². The third-order valence-electron chi connectivity index (χ3n) is 4.09. The van der Waals surface area contributed by atoms with Crippen LogP contribution in [0, 0.1) is 0 Å². The maximum Gasteiger partial charge on any atom is 0.246 e. The summed E-state index contributed by atoms with van der Waals surface area (Å²) in [5.74, 6) is 0.0142. The van der Waals surface area contributed by atoms with Crippen molar-refractivity contribution < 1.29 is 9.53 Å². The summed E-state index contributed by atoms with van der Waals surface area (Å²) in [5, 5.41) is 5.99. The summed E-state index contributed by atoms with van der Waals surface area (Å²) in [7, 11) is 1.80. The molecule has 2 aliphatic heterocycles. The highest BCUT2D eigenvalue weighted by Gasteiger charge is 2.33. The predicted molar refractivity (Wildman–Crippen MR) is 83.7 cm³/mol. The lowest BCUT2D eigenvalue weighted by Gasteiger charge is -2.43. The molecule has 2 heterocycles. The van der Waals surface area contributed by atoms with E-state index in [2.05, 4.69) is 48.4 Å². The second kappa shape index (κ2) is 5.00. The van der Waals surface area contributed by atoms with Crippen LogP contribution in [0.15, 0.2) is 18.2 Å². The van der Waals surface area contributed by atoms with E-state index >= 15 is 0 Å². The lowest BCUT2D eigenvalue weighted by atomic mass is 10.0. The van der Waals surface area contributed by atoms with E-state index < -0.39 is 0 Å². The van der Waals surface area contributed by atoms with Gasteiger partial charge in [0.15, 0.2) is 0 Å². The Hall–Kier alpha value is -1.59. The molecule has 1 aromatic carbocycles. The van der Waals surface area contributed by atoms with Gasteiger partial charge < -0.3 is 20.3 Å². The van der Waals surface area contributed by atoms with Crippen LogP contribution in [0.5, 0.6) is 0 Å². The van der Waals surface area contributed by atoms with Crippen molar-refractivity contribution in [1.82, 2.24) is 5.32 Å². The van der Waals surface area contributed by atoms with E-state index in [1.54, 1.807) is 7.05 Å². The molecule has 0 spiro atoms. The first-order valence-electron chi connectivity index (χ1n) is 7.44. The number of ether oxygens (including phenoxy) is 1. The zero-order valence-corrected chi connectivity index (χ0v) is 13.1. The summed E-state index contributed by atoms with van der Waals surface area (Å²) in [6.07, 6.45) is 0.196. The molecule has 1 amide bonds. The molecule has 1 fully saturated rings. The molecule has 2 atom stereocenters. The number of hydrogen-bond donors (Lipinski definition) is 2. The van der Waals surface area contributed by atoms with Gasteiger partial charge in [-0.25, -0.2) is 0 Å². The molecule has 0 aliphatic carbocycles. The third-order valence-corrected chi connectivity index (χ3v) is 4.09. The summed E-state index contributed by atoms with van der Waals surface area (Å²) < 4.78 is 5.95. The Labute approximate surface area is 125 Å². The molecule has 0 bridgehead atoms. The molecule has 0 aromatic heterocycles. The molecule has 21 heavy (non-hydrogen) atoms. The fraction of sp³-hybridized carbons (Fsp3) is 0.562. The van der Waals surface area contributed by atoms with Gasteiger partial charge in [-0.05, 0) is 40.0 Å². The van der Waals surface area contributed by atoms with E-state index in [1.807, 2.05) is 6.07 Å². The smallest absolute Gasteiger partial charge is 0.246 e. The fourth-order valence-electron chi connectivity index (χ4n) is 3.38. The molecular formula is C16H23N3O2. The number of fused-ring (bicyclic) bond motifs is 1. The summed E-state index contributed by atoms with van der Waals surface area (Å²) in [6, 6.07) is 5.96. The van der Waals surface area contributed by atoms with Gasteiger partial charge in [0.1, 0.15) is 6.04 Å². The number of morpholine rings is 1. The van der Waals surface area contributed by atoms with Gasteiger partial charge in [0, 0.05) is 30.0 Å². The number of carbonyl (C=O) groups is 1. The van der Waals surface area contributed by atoms with Crippen LogP contribution in [0.2, 0.25) is 0 Å². The Balaban J connectivity index is 1.88. The number of hydrogen-bond acceptors (Lipinski definition) is 4. The zero-order valence-electron chi connectivity index (χ0n) is 13.1. The van der Waals surface area contributed by atoms with Gasteiger partial charge in [-0.15, -0.1) is 0 Å². The minimum Gasteiger partial charge on any atom is -0.369 e. The van der Waals surface area contributed by atoms with Crippen molar-refractivity contribution in [3.8, 4) is 0 Å². The van der Waals surface area contributed by atoms with E-state index in [-0.39, 0.29) is 23.7 Å². The summed E-state index contributed by atoms with van der Waals surface area (Å²) >= 11 is 0. The monoisotopic (exact) mass is 289 g/mol. The van der Waals surface area contributed by atoms with Gasteiger partial charge >= 0.3 is 0 Å². The van der Waals surface area contributed by atoms with E-state index in [0.717, 1.165) is 30.0 Å². The van der Waals surface area contributed by atoms with Crippen LogP contribution in [-0.4, -0.2) is 37.7 Å². The Morgan fingerprint density at radius 1 is 1.43 bits per heavy atom. The maximum absolute atomic E-state index is 11.9. The first kappa shape index (κ1) is 14.4. The summed E-state index contributed by atoms with van der Waals surface area (Å²) in [4.78, 5) is 14.2. The van der Waals surface area contributed by atoms with E-state index in [9.17, 15) is 4.79 Å². The number of likely N-dealkylation sites (N-methyl/N-ethyl adjacent to an activating group) is 1. The molecule has 5 heteroatoms. The lowest BCUT2D eigenvalue weighted by molar-refractivity contribution is -0.117. The van der Waals surface area contributed by atoms with Crippen LogP contribution in [0.25, 0.3) is 0 Å². The van der Waals surface area contributed by atoms with E-state index in [0.29, 0.717) is 0 Å². The molecule has 2 N–H and O–H groups in total. The normalized spacial score (nSPS) is 27.4. The number of rotatable bonds is 2. The quantitative estimate of drug-likeness (QED) is 0.873. The SMILES string of the molecule is CNC1C(=O)Nc2cc(N3CC(C)OC(C)(C)C3)ccc21. The standard InChI is InChI=1S/C16H23N3O2/c1-10-8-19(9-16(2,3)21-10)11-5-6-12-13(7-11)18-15(20)14(12)17-4/h5-7,10,14,17H,8-9H2,1-4H3,(H,18,20). The first-order valence-corrected chi connectivity index (χ1v) is 7.44. The van der Waals surface area contributed by atoms with Crippen molar-refractivity contribution in [2.75, 3.05) is 30.4 Å². The molecule has 2 aliphatic rings. The predicted octanol–water partition coefficient (Wildman–Crippen LogP) is 1.90. The van der Waals surface area contributed by atoms with Gasteiger partial charge in [0.05, 0.1) is 11.7 Å². The Kier molecular flexibility index (Phi) is 3.42. The van der Waals surface area contributed by atoms with Crippen molar-refractivity contribution in [3.63, 3.8) is 0 Å². The number of nitrogens with one attached hydrogen (secondary N) is 2. The van der Waals surface area contributed by atoms with Crippen LogP contribution < -0.4 is 15.5 Å². The minimum atomic E-state index is -0.242. The lowest BCUT2D eigenvalue weighted by Crippen LogP contribution is -2.52. The highest BCUT2D eigenvalue weighted by atomic mass is 16.5. The highest BCUT2D eigenvalue weighted by Crippen LogP contribution is 2.35. The van der Waals surface area contributed by atoms with Gasteiger partial charge in [0.25, 0.3) is 0 Å². The van der Waals surface area contributed by atoms with Crippen molar-refractivity contribution in [1.29, 1.82) is 0 Å². The molecule has 1 saturated heterocycles. The average Bonchev–Trinajstić information content (AvgIpc) is 2.70. The molecule has 5 nitrogen and oxygen atoms in total. The maximum atomic E-state index is 11.9. The second-order valence-corrected chi connectivity index (χ2v) is 6.55. The van der Waals surface area contributed by atoms with Gasteiger partial charge in [0.2, 0.25) is 5.91 Å². The topological polar surface area (TPSA) is 53.6 Å². The van der Waals surface area contributed by atoms with Gasteiger partial charge in [-0.1, -0.05) is 6.07 Å². The van der Waals surface area contributed by atoms with Crippen LogP contribution in [0.3, 0.4) is 0 Å². The molecule has 114 valence electrons. The first-order chi connectivity index (χ1) is 9.89. The molecule has 3 rings (SSSR count). The Bertz CT molecular complexity index is 571. The van der Waals surface area contributed by atoms with Crippen molar-refractivity contribution in [3.05, 3.63) is 23.8 Å². The van der Waals surface area contributed by atoms with Crippen molar-refractivity contribution >= 4 is 17.3 Å². The minimum absolute atomic E-state index is 0.0142. The average molecular weight is 289 g/mol. The zero-order chi connectivity index (χ0) is 15.2. The van der Waals surface area contributed by atoms with Crippen LogP contribution in [-0.2, 0) is 9.53 Å². The second-order valence-electron chi connectivity index (χ2n) is 6.55. The van der Waals surface area contributed by atoms with E-state index in [1.165, 1.54) is 0 Å².